The summed E-state index contributed by atoms with van der Waals surface area (Å²) in [4.78, 5) is 25.7. The Hall–Kier alpha value is -2.97. The van der Waals surface area contributed by atoms with Gasteiger partial charge in [-0.2, -0.15) is 4.31 Å². The number of hydrogen-bond donors (Lipinski definition) is 0. The Kier molecular flexibility index (Phi) is 5.44. The van der Waals surface area contributed by atoms with Crippen molar-refractivity contribution >= 4 is 32.8 Å². The highest BCUT2D eigenvalue weighted by Crippen LogP contribution is 2.28. The molecule has 2 aromatic carbocycles. The molecule has 1 aromatic heterocycles. The monoisotopic (exact) mass is 426 g/mol. The summed E-state index contributed by atoms with van der Waals surface area (Å²) in [6.07, 6.45) is 2.66. The number of piperidine rings is 1. The Morgan fingerprint density at radius 3 is 2.47 bits per heavy atom. The first-order valence-corrected chi connectivity index (χ1v) is 11.2. The van der Waals surface area contributed by atoms with Crippen molar-refractivity contribution < 1.29 is 22.7 Å². The molecule has 7 nitrogen and oxygen atoms in total. The van der Waals surface area contributed by atoms with Gasteiger partial charge in [-0.05, 0) is 31.0 Å². The lowest BCUT2D eigenvalue weighted by atomic mass is 9.98. The number of carbonyl (C=O) groups excluding carboxylic acids is 2. The summed E-state index contributed by atoms with van der Waals surface area (Å²) >= 11 is 0. The largest absolute Gasteiger partial charge is 0.465 e. The van der Waals surface area contributed by atoms with Gasteiger partial charge in [0.25, 0.3) is 0 Å². The fourth-order valence-corrected chi connectivity index (χ4v) is 5.48. The SMILES string of the molecule is COC(=O)c1cn(C(=O)[C@H]2CCCN(S(=O)(=O)c3ccccc3)C2)c2ccccc12. The first-order valence-electron chi connectivity index (χ1n) is 9.71. The summed E-state index contributed by atoms with van der Waals surface area (Å²) in [5.41, 5.74) is 0.914. The van der Waals surface area contributed by atoms with Crippen LogP contribution < -0.4 is 0 Å². The van der Waals surface area contributed by atoms with E-state index in [0.717, 1.165) is 0 Å². The number of esters is 1. The van der Waals surface area contributed by atoms with Crippen molar-refractivity contribution in [1.29, 1.82) is 0 Å². The average molecular weight is 426 g/mol. The Bertz CT molecular complexity index is 1200. The fourth-order valence-electron chi connectivity index (χ4n) is 3.94. The summed E-state index contributed by atoms with van der Waals surface area (Å²) < 4.78 is 33.6. The molecule has 0 aliphatic carbocycles. The van der Waals surface area contributed by atoms with Crippen LogP contribution in [0.3, 0.4) is 0 Å². The van der Waals surface area contributed by atoms with Gasteiger partial charge < -0.3 is 4.74 Å². The molecule has 1 aliphatic rings. The Labute approximate surface area is 174 Å². The minimum atomic E-state index is -3.67. The Balaban J connectivity index is 1.65. The van der Waals surface area contributed by atoms with Gasteiger partial charge in [0.1, 0.15) is 0 Å². The highest BCUT2D eigenvalue weighted by Gasteiger charge is 2.34. The van der Waals surface area contributed by atoms with E-state index >= 15 is 0 Å². The predicted molar refractivity (Wildman–Crippen MR) is 112 cm³/mol. The third kappa shape index (κ3) is 3.53. The summed E-state index contributed by atoms with van der Waals surface area (Å²) in [5.74, 6) is -1.25. The lowest BCUT2D eigenvalue weighted by Gasteiger charge is -2.31. The smallest absolute Gasteiger partial charge is 0.340 e. The van der Waals surface area contributed by atoms with Gasteiger partial charge in [-0.25, -0.2) is 13.2 Å². The van der Waals surface area contributed by atoms with E-state index in [1.807, 2.05) is 0 Å². The van der Waals surface area contributed by atoms with Crippen LogP contribution in [0.25, 0.3) is 10.9 Å². The van der Waals surface area contributed by atoms with E-state index in [4.69, 9.17) is 4.74 Å². The van der Waals surface area contributed by atoms with Crippen molar-refractivity contribution in [1.82, 2.24) is 8.87 Å². The molecular weight excluding hydrogens is 404 g/mol. The summed E-state index contributed by atoms with van der Waals surface area (Å²) in [6, 6.07) is 15.3. The van der Waals surface area contributed by atoms with Crippen molar-refractivity contribution in [3.05, 3.63) is 66.4 Å². The number of hydrogen-bond acceptors (Lipinski definition) is 5. The Morgan fingerprint density at radius 1 is 1.03 bits per heavy atom. The molecule has 1 saturated heterocycles. The standard InChI is InChI=1S/C22H22N2O5S/c1-29-22(26)19-15-24(20-12-6-5-11-18(19)20)21(25)16-8-7-13-23(14-16)30(27,28)17-9-3-2-4-10-17/h2-6,9-12,15-16H,7-8,13-14H2,1H3/t16-/m0/s1. The van der Waals surface area contributed by atoms with Gasteiger partial charge in [0.15, 0.2) is 0 Å². The minimum absolute atomic E-state index is 0.107. The number of aromatic nitrogens is 1. The van der Waals surface area contributed by atoms with Crippen molar-refractivity contribution in [2.24, 2.45) is 5.92 Å². The molecule has 0 bridgehead atoms. The van der Waals surface area contributed by atoms with Gasteiger partial charge in [0, 0.05) is 24.7 Å². The van der Waals surface area contributed by atoms with Crippen LogP contribution in [0, 0.1) is 5.92 Å². The summed E-state index contributed by atoms with van der Waals surface area (Å²) in [6.45, 7) is 0.483. The normalized spacial score (nSPS) is 17.7. The van der Waals surface area contributed by atoms with Crippen LogP contribution in [-0.4, -0.2) is 49.4 Å². The van der Waals surface area contributed by atoms with E-state index in [1.165, 1.54) is 22.2 Å². The number of fused-ring (bicyclic) bond motifs is 1. The number of ether oxygens (including phenoxy) is 1. The Morgan fingerprint density at radius 2 is 1.73 bits per heavy atom. The number of rotatable bonds is 4. The van der Waals surface area contributed by atoms with E-state index in [-0.39, 0.29) is 17.3 Å². The molecule has 0 spiro atoms. The van der Waals surface area contributed by atoms with Crippen LogP contribution in [0.5, 0.6) is 0 Å². The van der Waals surface area contributed by atoms with E-state index in [2.05, 4.69) is 0 Å². The number of carbonyl (C=O) groups is 2. The second-order valence-electron chi connectivity index (χ2n) is 7.28. The van der Waals surface area contributed by atoms with Crippen LogP contribution in [0.1, 0.15) is 28.0 Å². The topological polar surface area (TPSA) is 85.7 Å². The summed E-state index contributed by atoms with van der Waals surface area (Å²) in [7, 11) is -2.37. The molecule has 0 N–H and O–H groups in total. The second-order valence-corrected chi connectivity index (χ2v) is 9.21. The molecule has 1 atom stereocenters. The maximum atomic E-state index is 13.3. The fraction of sp³-hybridized carbons (Fsp3) is 0.273. The van der Waals surface area contributed by atoms with Crippen molar-refractivity contribution in [3.8, 4) is 0 Å². The van der Waals surface area contributed by atoms with Crippen LogP contribution >= 0.6 is 0 Å². The molecule has 0 amide bonds. The molecule has 1 aliphatic heterocycles. The lowest BCUT2D eigenvalue weighted by Crippen LogP contribution is -2.43. The number of benzene rings is 2. The van der Waals surface area contributed by atoms with Gasteiger partial charge in [-0.3, -0.25) is 9.36 Å². The zero-order valence-corrected chi connectivity index (χ0v) is 17.3. The number of methoxy groups -OCH3 is 1. The van der Waals surface area contributed by atoms with Crippen LogP contribution in [0.4, 0.5) is 0 Å². The number of para-hydroxylation sites is 1. The maximum Gasteiger partial charge on any atom is 0.340 e. The zero-order valence-electron chi connectivity index (χ0n) is 16.5. The number of sulfonamides is 1. The molecule has 8 heteroatoms. The third-order valence-corrected chi connectivity index (χ3v) is 7.35. The molecule has 0 saturated carbocycles. The molecule has 0 radical (unpaired) electrons. The van der Waals surface area contributed by atoms with Crippen LogP contribution in [-0.2, 0) is 14.8 Å². The molecule has 4 rings (SSSR count). The zero-order chi connectivity index (χ0) is 21.3. The highest BCUT2D eigenvalue weighted by molar-refractivity contribution is 7.89. The van der Waals surface area contributed by atoms with Gasteiger partial charge in [-0.1, -0.05) is 36.4 Å². The first kappa shape index (κ1) is 20.3. The van der Waals surface area contributed by atoms with Gasteiger partial charge in [0.2, 0.25) is 15.9 Å². The van der Waals surface area contributed by atoms with E-state index in [0.29, 0.717) is 35.9 Å². The lowest BCUT2D eigenvalue weighted by molar-refractivity contribution is 0.0603. The van der Waals surface area contributed by atoms with Crippen molar-refractivity contribution in [3.63, 3.8) is 0 Å². The van der Waals surface area contributed by atoms with Crippen molar-refractivity contribution in [2.45, 2.75) is 17.7 Å². The minimum Gasteiger partial charge on any atom is -0.465 e. The first-order chi connectivity index (χ1) is 14.4. The molecule has 0 unspecified atom stereocenters. The summed E-state index contributed by atoms with van der Waals surface area (Å²) in [5, 5.41) is 0.627. The molecule has 30 heavy (non-hydrogen) atoms. The average Bonchev–Trinajstić information content (AvgIpc) is 3.18. The van der Waals surface area contributed by atoms with Gasteiger partial charge in [0.05, 0.1) is 29.0 Å². The third-order valence-electron chi connectivity index (χ3n) is 5.47. The number of nitrogens with zero attached hydrogens (tertiary/aromatic N) is 2. The second kappa shape index (κ2) is 8.04. The van der Waals surface area contributed by atoms with Crippen molar-refractivity contribution in [2.75, 3.05) is 20.2 Å². The van der Waals surface area contributed by atoms with Gasteiger partial charge in [-0.15, -0.1) is 0 Å². The highest BCUT2D eigenvalue weighted by atomic mass is 32.2. The van der Waals surface area contributed by atoms with Gasteiger partial charge >= 0.3 is 5.97 Å². The maximum absolute atomic E-state index is 13.3. The quantitative estimate of drug-likeness (QED) is 0.598. The van der Waals surface area contributed by atoms with E-state index < -0.39 is 21.9 Å². The van der Waals surface area contributed by atoms with E-state index in [9.17, 15) is 18.0 Å². The molecule has 2 heterocycles. The van der Waals surface area contributed by atoms with E-state index in [1.54, 1.807) is 54.6 Å². The van der Waals surface area contributed by atoms with Crippen LogP contribution in [0.2, 0.25) is 0 Å². The molecule has 3 aromatic rings. The predicted octanol–water partition coefficient (Wildman–Crippen LogP) is 3.17. The molecular formula is C22H22N2O5S. The molecule has 1 fully saturated rings. The van der Waals surface area contributed by atoms with Crippen LogP contribution in [0.15, 0.2) is 65.7 Å². The molecule has 156 valence electrons.